The summed E-state index contributed by atoms with van der Waals surface area (Å²) in [6.07, 6.45) is 1.82. The van der Waals surface area contributed by atoms with Crippen molar-refractivity contribution < 1.29 is 13.2 Å². The molecule has 3 rings (SSSR count). The van der Waals surface area contributed by atoms with E-state index in [1.54, 1.807) is 13.1 Å². The second-order valence-corrected chi connectivity index (χ2v) is 10.6. The number of Topliss-reactive ketones (excluding diaryl/α,β-unsaturated/α-hetero) is 1. The first-order valence-corrected chi connectivity index (χ1v) is 11.9. The summed E-state index contributed by atoms with van der Waals surface area (Å²) >= 11 is 0. The number of aromatic nitrogens is 1. The zero-order valence-corrected chi connectivity index (χ0v) is 19.1. The highest BCUT2D eigenvalue weighted by Crippen LogP contribution is 2.27. The van der Waals surface area contributed by atoms with Gasteiger partial charge in [0, 0.05) is 38.8 Å². The number of anilines is 1. The maximum absolute atomic E-state index is 13.1. The molecule has 0 bridgehead atoms. The van der Waals surface area contributed by atoms with Crippen molar-refractivity contribution in [2.75, 3.05) is 37.6 Å². The van der Waals surface area contributed by atoms with Crippen LogP contribution in [0.25, 0.3) is 0 Å². The minimum Gasteiger partial charge on any atom is -0.354 e. The zero-order chi connectivity index (χ0) is 21.9. The first-order valence-electron chi connectivity index (χ1n) is 10.4. The van der Waals surface area contributed by atoms with Crippen molar-refractivity contribution in [3.63, 3.8) is 0 Å². The number of carbonyl (C=O) groups is 1. The molecule has 0 spiro atoms. The van der Waals surface area contributed by atoms with Gasteiger partial charge in [-0.1, -0.05) is 23.8 Å². The van der Waals surface area contributed by atoms with Crippen molar-refractivity contribution in [2.45, 2.75) is 44.3 Å². The number of carbonyl (C=O) groups excluding carboxylic acids is 1. The van der Waals surface area contributed by atoms with Gasteiger partial charge in [0.15, 0.2) is 9.84 Å². The molecule has 0 saturated carbocycles. The molecule has 6 nitrogen and oxygen atoms in total. The van der Waals surface area contributed by atoms with E-state index in [4.69, 9.17) is 0 Å². The third kappa shape index (κ3) is 5.08. The number of aryl methyl sites for hydroxylation is 3. The van der Waals surface area contributed by atoms with Crippen LogP contribution in [0.2, 0.25) is 0 Å². The Morgan fingerprint density at radius 3 is 2.27 bits per heavy atom. The van der Waals surface area contributed by atoms with Gasteiger partial charge in [0.1, 0.15) is 11.6 Å². The van der Waals surface area contributed by atoms with Gasteiger partial charge in [0.05, 0.1) is 16.7 Å². The van der Waals surface area contributed by atoms with Gasteiger partial charge in [-0.15, -0.1) is 0 Å². The molecule has 7 heteroatoms. The molecule has 162 valence electrons. The van der Waals surface area contributed by atoms with Crippen LogP contribution in [-0.2, 0) is 14.6 Å². The van der Waals surface area contributed by atoms with E-state index in [0.717, 1.165) is 48.7 Å². The first-order chi connectivity index (χ1) is 14.2. The summed E-state index contributed by atoms with van der Waals surface area (Å²) in [6.45, 7) is 10.7. The van der Waals surface area contributed by atoms with Crippen LogP contribution < -0.4 is 4.90 Å². The van der Waals surface area contributed by atoms with Gasteiger partial charge in [0.25, 0.3) is 0 Å². The molecule has 30 heavy (non-hydrogen) atoms. The highest BCUT2D eigenvalue weighted by atomic mass is 32.2. The second-order valence-electron chi connectivity index (χ2n) is 8.28. The molecule has 0 N–H and O–H groups in total. The lowest BCUT2D eigenvalue weighted by Crippen LogP contribution is -2.48. The molecule has 0 amide bonds. The fraction of sp³-hybridized carbons (Fsp3) is 0.478. The third-order valence-electron chi connectivity index (χ3n) is 5.68. The minimum absolute atomic E-state index is 0.0280. The number of rotatable bonds is 7. The quantitative estimate of drug-likeness (QED) is 0.674. The number of hydrogen-bond acceptors (Lipinski definition) is 6. The van der Waals surface area contributed by atoms with Crippen molar-refractivity contribution in [3.05, 3.63) is 53.2 Å². The van der Waals surface area contributed by atoms with E-state index in [1.165, 1.54) is 0 Å². The fourth-order valence-corrected chi connectivity index (χ4v) is 6.06. The summed E-state index contributed by atoms with van der Waals surface area (Å²) in [5.74, 6) is 0.923. The maximum Gasteiger partial charge on any atom is 0.181 e. The molecule has 1 aliphatic heterocycles. The number of sulfone groups is 1. The Bertz CT molecular complexity index is 975. The summed E-state index contributed by atoms with van der Waals surface area (Å²) < 4.78 is 26.3. The van der Waals surface area contributed by atoms with Crippen molar-refractivity contribution >= 4 is 21.4 Å². The van der Waals surface area contributed by atoms with Crippen molar-refractivity contribution in [2.24, 2.45) is 0 Å². The van der Waals surface area contributed by atoms with E-state index in [0.29, 0.717) is 11.4 Å². The van der Waals surface area contributed by atoms with E-state index in [9.17, 15) is 13.2 Å². The molecule has 2 aromatic rings. The minimum atomic E-state index is -3.55. The Kier molecular flexibility index (Phi) is 6.93. The molecular weight excluding hydrogens is 398 g/mol. The lowest BCUT2D eigenvalue weighted by Gasteiger charge is -2.35. The van der Waals surface area contributed by atoms with Gasteiger partial charge in [-0.3, -0.25) is 9.69 Å². The topological polar surface area (TPSA) is 70.6 Å². The third-order valence-corrected chi connectivity index (χ3v) is 8.12. The molecule has 0 radical (unpaired) electrons. The Labute approximate surface area is 179 Å². The summed E-state index contributed by atoms with van der Waals surface area (Å²) in [5, 5.41) is -0.736. The highest BCUT2D eigenvalue weighted by molar-refractivity contribution is 7.92. The number of hydrogen-bond donors (Lipinski definition) is 0. The standard InChI is InChI=1S/C23H31N3O3S/c1-17-13-18(2)23(19(3)14-17)30(28,29)20(4)15-21(27)16-25-9-11-26(12-10-25)22-7-5-6-8-24-22/h5-8,13-14,20H,9-12,15-16H2,1-4H3. The fourth-order valence-electron chi connectivity index (χ4n) is 4.24. The zero-order valence-electron chi connectivity index (χ0n) is 18.3. The van der Waals surface area contributed by atoms with Gasteiger partial charge in [-0.05, 0) is 51.0 Å². The highest BCUT2D eigenvalue weighted by Gasteiger charge is 2.29. The monoisotopic (exact) mass is 429 g/mol. The van der Waals surface area contributed by atoms with Crippen molar-refractivity contribution in [1.82, 2.24) is 9.88 Å². The lowest BCUT2D eigenvalue weighted by atomic mass is 10.1. The van der Waals surface area contributed by atoms with Crippen molar-refractivity contribution in [1.29, 1.82) is 0 Å². The van der Waals surface area contributed by atoms with Crippen LogP contribution in [0.3, 0.4) is 0 Å². The Balaban J connectivity index is 1.57. The summed E-state index contributed by atoms with van der Waals surface area (Å²) in [7, 11) is -3.55. The number of pyridine rings is 1. The SMILES string of the molecule is Cc1cc(C)c(S(=O)(=O)C(C)CC(=O)CN2CCN(c3ccccn3)CC2)c(C)c1. The molecule has 2 heterocycles. The van der Waals surface area contributed by atoms with Gasteiger partial charge >= 0.3 is 0 Å². The van der Waals surface area contributed by atoms with E-state index in [-0.39, 0.29) is 12.2 Å². The molecule has 1 fully saturated rings. The van der Waals surface area contributed by atoms with E-state index < -0.39 is 15.1 Å². The molecular formula is C23H31N3O3S. The van der Waals surface area contributed by atoms with Gasteiger partial charge in [0.2, 0.25) is 0 Å². The molecule has 1 aromatic carbocycles. The van der Waals surface area contributed by atoms with E-state index >= 15 is 0 Å². The summed E-state index contributed by atoms with van der Waals surface area (Å²) in [6, 6.07) is 9.62. The Morgan fingerprint density at radius 2 is 1.70 bits per heavy atom. The molecule has 1 saturated heterocycles. The van der Waals surface area contributed by atoms with Gasteiger partial charge < -0.3 is 4.90 Å². The lowest BCUT2D eigenvalue weighted by molar-refractivity contribution is -0.120. The largest absolute Gasteiger partial charge is 0.354 e. The molecule has 1 aliphatic rings. The smallest absolute Gasteiger partial charge is 0.181 e. The van der Waals surface area contributed by atoms with Crippen LogP contribution >= 0.6 is 0 Å². The number of nitrogens with zero attached hydrogens (tertiary/aromatic N) is 3. The molecule has 1 unspecified atom stereocenters. The predicted molar refractivity (Wildman–Crippen MR) is 120 cm³/mol. The van der Waals surface area contributed by atoms with Crippen LogP contribution in [0.1, 0.15) is 30.0 Å². The van der Waals surface area contributed by atoms with Crippen molar-refractivity contribution in [3.8, 4) is 0 Å². The summed E-state index contributed by atoms with van der Waals surface area (Å²) in [4.78, 5) is 21.7. The molecule has 1 aromatic heterocycles. The number of benzene rings is 1. The molecule has 0 aliphatic carbocycles. The normalized spacial score (nSPS) is 16.5. The van der Waals surface area contributed by atoms with Crippen LogP contribution in [0.15, 0.2) is 41.4 Å². The molecule has 1 atom stereocenters. The van der Waals surface area contributed by atoms with Gasteiger partial charge in [-0.2, -0.15) is 0 Å². The van der Waals surface area contributed by atoms with E-state index in [2.05, 4.69) is 14.8 Å². The van der Waals surface area contributed by atoms with Crippen LogP contribution in [0, 0.1) is 20.8 Å². The Hall–Kier alpha value is -2.25. The van der Waals surface area contributed by atoms with Crippen LogP contribution in [-0.4, -0.2) is 62.1 Å². The number of ketones is 1. The average Bonchev–Trinajstić information content (AvgIpc) is 2.68. The Morgan fingerprint density at radius 1 is 1.07 bits per heavy atom. The van der Waals surface area contributed by atoms with Crippen LogP contribution in [0.4, 0.5) is 5.82 Å². The number of piperazine rings is 1. The second kappa shape index (κ2) is 9.27. The maximum atomic E-state index is 13.1. The van der Waals surface area contributed by atoms with Crippen LogP contribution in [0.5, 0.6) is 0 Å². The first kappa shape index (κ1) is 22.4. The van der Waals surface area contributed by atoms with Gasteiger partial charge in [-0.25, -0.2) is 13.4 Å². The summed E-state index contributed by atoms with van der Waals surface area (Å²) in [5.41, 5.74) is 2.53. The average molecular weight is 430 g/mol. The predicted octanol–water partition coefficient (Wildman–Crippen LogP) is 2.95. The van der Waals surface area contributed by atoms with E-state index in [1.807, 2.05) is 51.1 Å².